The van der Waals surface area contributed by atoms with Crippen LogP contribution in [0.25, 0.3) is 16.9 Å². The molecule has 0 radical (unpaired) electrons. The molecule has 0 unspecified atom stereocenters. The molecule has 0 amide bonds. The molecule has 3 rings (SSSR count). The van der Waals surface area contributed by atoms with E-state index in [9.17, 15) is 23.3 Å². The smallest absolute Gasteiger partial charge is 0.258 e. The van der Waals surface area contributed by atoms with Crippen molar-refractivity contribution in [2.75, 3.05) is 0 Å². The van der Waals surface area contributed by atoms with Gasteiger partial charge in [0.1, 0.15) is 0 Å². The van der Waals surface area contributed by atoms with Crippen molar-refractivity contribution in [3.8, 4) is 16.9 Å². The van der Waals surface area contributed by atoms with Gasteiger partial charge in [-0.3, -0.25) is 10.1 Å². The Hall–Kier alpha value is -3.16. The van der Waals surface area contributed by atoms with Crippen molar-refractivity contribution in [2.45, 2.75) is 6.18 Å². The highest BCUT2D eigenvalue weighted by Gasteiger charge is 2.35. The molecule has 122 valence electrons. The Morgan fingerprint density at radius 2 is 1.71 bits per heavy atom. The number of nitrogens with zero attached hydrogens (tertiary/aromatic N) is 3. The van der Waals surface area contributed by atoms with Crippen LogP contribution in [0, 0.1) is 10.1 Å². The molecule has 0 N–H and O–H groups in total. The normalized spacial score (nSPS) is 11.5. The first-order chi connectivity index (χ1) is 11.4. The molecule has 0 spiro atoms. The van der Waals surface area contributed by atoms with Crippen LogP contribution in [0.2, 0.25) is 0 Å². The molecule has 1 aromatic heterocycles. The first-order valence-electron chi connectivity index (χ1n) is 6.84. The number of aromatic nitrogens is 2. The van der Waals surface area contributed by atoms with Gasteiger partial charge in [-0.2, -0.15) is 18.3 Å². The number of halogens is 3. The topological polar surface area (TPSA) is 61.0 Å². The Morgan fingerprint density at radius 3 is 2.33 bits per heavy atom. The highest BCUT2D eigenvalue weighted by Crippen LogP contribution is 2.33. The molecule has 2 aromatic carbocycles. The van der Waals surface area contributed by atoms with Crippen molar-refractivity contribution in [1.29, 1.82) is 0 Å². The van der Waals surface area contributed by atoms with Gasteiger partial charge in [0.25, 0.3) is 5.69 Å². The van der Waals surface area contributed by atoms with Crippen molar-refractivity contribution >= 4 is 5.69 Å². The van der Waals surface area contributed by atoms with Crippen LogP contribution >= 0.6 is 0 Å². The van der Waals surface area contributed by atoms with Gasteiger partial charge in [-0.25, -0.2) is 4.68 Å². The van der Waals surface area contributed by atoms with E-state index in [0.29, 0.717) is 5.56 Å². The van der Waals surface area contributed by atoms with E-state index in [-0.39, 0.29) is 17.1 Å². The Bertz CT molecular complexity index is 889. The molecule has 0 saturated carbocycles. The van der Waals surface area contributed by atoms with E-state index >= 15 is 0 Å². The zero-order valence-electron chi connectivity index (χ0n) is 12.1. The molecule has 1 heterocycles. The van der Waals surface area contributed by atoms with Gasteiger partial charge in [0.05, 0.1) is 16.3 Å². The SMILES string of the molecule is O=[N+]([O-])c1cccc(-n2nc(C(F)(F)F)cc2-c2ccccc2)c1. The van der Waals surface area contributed by atoms with Crippen LogP contribution in [0.1, 0.15) is 5.69 Å². The van der Waals surface area contributed by atoms with Crippen molar-refractivity contribution in [2.24, 2.45) is 0 Å². The first kappa shape index (κ1) is 15.7. The van der Waals surface area contributed by atoms with Crippen LogP contribution in [0.4, 0.5) is 18.9 Å². The molecule has 0 aliphatic heterocycles. The molecule has 0 bridgehead atoms. The third-order valence-corrected chi connectivity index (χ3v) is 3.35. The summed E-state index contributed by atoms with van der Waals surface area (Å²) in [7, 11) is 0. The number of hydrogen-bond acceptors (Lipinski definition) is 3. The van der Waals surface area contributed by atoms with E-state index in [4.69, 9.17) is 0 Å². The zero-order valence-corrected chi connectivity index (χ0v) is 12.1. The standard InChI is InChI=1S/C16H10F3N3O2/c17-16(18,19)15-10-14(11-5-2-1-3-6-11)21(20-15)12-7-4-8-13(9-12)22(23)24/h1-10H. The molecular weight excluding hydrogens is 323 g/mol. The maximum Gasteiger partial charge on any atom is 0.435 e. The summed E-state index contributed by atoms with van der Waals surface area (Å²) in [6, 6.07) is 14.6. The zero-order chi connectivity index (χ0) is 17.3. The summed E-state index contributed by atoms with van der Waals surface area (Å²) in [5, 5.41) is 14.5. The fraction of sp³-hybridized carbons (Fsp3) is 0.0625. The molecule has 0 saturated heterocycles. The number of rotatable bonds is 3. The number of non-ortho nitro benzene ring substituents is 1. The summed E-state index contributed by atoms with van der Waals surface area (Å²) in [4.78, 5) is 10.3. The summed E-state index contributed by atoms with van der Waals surface area (Å²) in [6.07, 6.45) is -4.62. The fourth-order valence-corrected chi connectivity index (χ4v) is 2.27. The van der Waals surface area contributed by atoms with E-state index in [2.05, 4.69) is 5.10 Å². The summed E-state index contributed by atoms with van der Waals surface area (Å²) in [6.45, 7) is 0. The van der Waals surface area contributed by atoms with Crippen LogP contribution in [-0.2, 0) is 6.18 Å². The third-order valence-electron chi connectivity index (χ3n) is 3.35. The molecule has 0 aliphatic carbocycles. The highest BCUT2D eigenvalue weighted by molar-refractivity contribution is 5.63. The lowest BCUT2D eigenvalue weighted by atomic mass is 10.1. The van der Waals surface area contributed by atoms with Gasteiger partial charge in [0.15, 0.2) is 5.69 Å². The monoisotopic (exact) mass is 333 g/mol. The molecule has 3 aromatic rings. The number of nitro groups is 1. The number of alkyl halides is 3. The summed E-state index contributed by atoms with van der Waals surface area (Å²) in [5.74, 6) is 0. The molecule has 0 fully saturated rings. The minimum absolute atomic E-state index is 0.179. The van der Waals surface area contributed by atoms with Gasteiger partial charge in [-0.15, -0.1) is 0 Å². The third kappa shape index (κ3) is 2.98. The molecule has 24 heavy (non-hydrogen) atoms. The second-order valence-corrected chi connectivity index (χ2v) is 4.97. The number of benzene rings is 2. The quantitative estimate of drug-likeness (QED) is 0.525. The highest BCUT2D eigenvalue weighted by atomic mass is 19.4. The molecule has 0 atom stereocenters. The molecule has 8 heteroatoms. The Balaban J connectivity index is 2.21. The Morgan fingerprint density at radius 1 is 1.00 bits per heavy atom. The largest absolute Gasteiger partial charge is 0.435 e. The number of nitro benzene ring substituents is 1. The van der Waals surface area contributed by atoms with Crippen LogP contribution in [0.15, 0.2) is 60.7 Å². The van der Waals surface area contributed by atoms with Crippen LogP contribution in [-0.4, -0.2) is 14.7 Å². The van der Waals surface area contributed by atoms with E-state index in [1.165, 1.54) is 24.3 Å². The summed E-state index contributed by atoms with van der Waals surface area (Å²) in [5.41, 5.74) is -0.391. The average Bonchev–Trinajstić information content (AvgIpc) is 3.01. The second kappa shape index (κ2) is 5.80. The first-order valence-corrected chi connectivity index (χ1v) is 6.84. The van der Waals surface area contributed by atoms with Gasteiger partial charge in [-0.1, -0.05) is 36.4 Å². The van der Waals surface area contributed by atoms with Crippen molar-refractivity contribution in [3.63, 3.8) is 0 Å². The summed E-state index contributed by atoms with van der Waals surface area (Å²) >= 11 is 0. The van der Waals surface area contributed by atoms with Crippen LogP contribution < -0.4 is 0 Å². The van der Waals surface area contributed by atoms with Gasteiger partial charge in [0.2, 0.25) is 0 Å². The molecule has 5 nitrogen and oxygen atoms in total. The minimum atomic E-state index is -4.62. The van der Waals surface area contributed by atoms with Crippen LogP contribution in [0.3, 0.4) is 0 Å². The maximum atomic E-state index is 13.0. The van der Waals surface area contributed by atoms with Crippen LogP contribution in [0.5, 0.6) is 0 Å². The van der Waals surface area contributed by atoms with Gasteiger partial charge in [-0.05, 0) is 12.1 Å². The van der Waals surface area contributed by atoms with Crippen molar-refractivity contribution in [3.05, 3.63) is 76.5 Å². The Labute approximate surface area is 134 Å². The van der Waals surface area contributed by atoms with Gasteiger partial charge in [0, 0.05) is 17.7 Å². The lowest BCUT2D eigenvalue weighted by molar-refractivity contribution is -0.384. The van der Waals surface area contributed by atoms with E-state index in [1.54, 1.807) is 30.3 Å². The van der Waals surface area contributed by atoms with Gasteiger partial charge >= 0.3 is 6.18 Å². The van der Waals surface area contributed by atoms with E-state index in [1.807, 2.05) is 0 Å². The fourth-order valence-electron chi connectivity index (χ4n) is 2.27. The van der Waals surface area contributed by atoms with E-state index < -0.39 is 16.8 Å². The lowest BCUT2D eigenvalue weighted by Crippen LogP contribution is -2.07. The van der Waals surface area contributed by atoms with E-state index in [0.717, 1.165) is 10.7 Å². The molecular formula is C16H10F3N3O2. The van der Waals surface area contributed by atoms with Crippen molar-refractivity contribution in [1.82, 2.24) is 9.78 Å². The Kier molecular flexibility index (Phi) is 3.80. The number of hydrogen-bond donors (Lipinski definition) is 0. The predicted molar refractivity (Wildman–Crippen MR) is 80.7 cm³/mol. The maximum absolute atomic E-state index is 13.0. The summed E-state index contributed by atoms with van der Waals surface area (Å²) < 4.78 is 40.2. The second-order valence-electron chi connectivity index (χ2n) is 4.97. The van der Waals surface area contributed by atoms with Gasteiger partial charge < -0.3 is 0 Å². The van der Waals surface area contributed by atoms with Crippen molar-refractivity contribution < 1.29 is 18.1 Å². The average molecular weight is 333 g/mol. The lowest BCUT2D eigenvalue weighted by Gasteiger charge is -2.07. The predicted octanol–water partition coefficient (Wildman–Crippen LogP) is 4.47. The minimum Gasteiger partial charge on any atom is -0.258 e. The molecule has 0 aliphatic rings.